The van der Waals surface area contributed by atoms with Crippen LogP contribution in [0, 0.1) is 5.92 Å². The number of aliphatic hydroxyl groups excluding tert-OH is 1. The lowest BCUT2D eigenvalue weighted by Gasteiger charge is -2.33. The number of nitrogens with zero attached hydrogens (tertiary/aromatic N) is 4. The summed E-state index contributed by atoms with van der Waals surface area (Å²) in [4.78, 5) is 2.29. The second-order valence-electron chi connectivity index (χ2n) is 5.73. The molecule has 2 rings (SSSR count). The summed E-state index contributed by atoms with van der Waals surface area (Å²) in [5, 5.41) is 17.7. The maximum Gasteiger partial charge on any atom is 0.0738 e. The summed E-state index contributed by atoms with van der Waals surface area (Å²) in [6.07, 6.45) is 1.78. The van der Waals surface area contributed by atoms with Crippen LogP contribution >= 0.6 is 0 Å². The molecule has 0 aliphatic rings. The Morgan fingerprint density at radius 2 is 1.90 bits per heavy atom. The number of aliphatic hydroxyl groups is 1. The van der Waals surface area contributed by atoms with Gasteiger partial charge in [0, 0.05) is 26.2 Å². The summed E-state index contributed by atoms with van der Waals surface area (Å²) in [5.41, 5.74) is 2.29. The van der Waals surface area contributed by atoms with Gasteiger partial charge in [-0.05, 0) is 11.5 Å². The third kappa shape index (κ3) is 4.12. The van der Waals surface area contributed by atoms with E-state index >= 15 is 0 Å². The minimum atomic E-state index is 0.111. The molecule has 1 unspecified atom stereocenters. The van der Waals surface area contributed by atoms with E-state index in [2.05, 4.69) is 41.2 Å². The summed E-state index contributed by atoms with van der Waals surface area (Å²) in [5.74, 6) is 0.375. The van der Waals surface area contributed by atoms with E-state index in [1.54, 1.807) is 10.9 Å². The number of rotatable bonds is 7. The summed E-state index contributed by atoms with van der Waals surface area (Å²) in [7, 11) is 1.90. The highest BCUT2D eigenvalue weighted by atomic mass is 16.3. The molecule has 0 amide bonds. The molecule has 21 heavy (non-hydrogen) atoms. The van der Waals surface area contributed by atoms with E-state index in [4.69, 9.17) is 0 Å². The molecule has 1 N–H and O–H groups in total. The summed E-state index contributed by atoms with van der Waals surface area (Å²) >= 11 is 0. The molecular weight excluding hydrogens is 264 g/mol. The lowest BCUT2D eigenvalue weighted by atomic mass is 10.0. The van der Waals surface area contributed by atoms with Crippen molar-refractivity contribution in [3.8, 4) is 0 Å². The summed E-state index contributed by atoms with van der Waals surface area (Å²) in [6.45, 7) is 5.95. The third-order valence-electron chi connectivity index (χ3n) is 3.83. The maximum atomic E-state index is 9.76. The number of hydrogen-bond acceptors (Lipinski definition) is 4. The molecule has 0 saturated heterocycles. The van der Waals surface area contributed by atoms with Crippen molar-refractivity contribution < 1.29 is 5.11 Å². The van der Waals surface area contributed by atoms with Gasteiger partial charge >= 0.3 is 0 Å². The van der Waals surface area contributed by atoms with Crippen molar-refractivity contribution in [1.82, 2.24) is 19.9 Å². The van der Waals surface area contributed by atoms with E-state index in [-0.39, 0.29) is 12.6 Å². The number of aromatic nitrogens is 3. The molecule has 0 bridgehead atoms. The van der Waals surface area contributed by atoms with Gasteiger partial charge in [0.2, 0.25) is 0 Å². The fraction of sp³-hybridized carbons (Fsp3) is 0.500. The predicted octanol–water partition coefficient (Wildman–Crippen LogP) is 1.83. The Labute approximate surface area is 126 Å². The van der Waals surface area contributed by atoms with Crippen molar-refractivity contribution in [2.24, 2.45) is 13.0 Å². The fourth-order valence-electron chi connectivity index (χ4n) is 2.52. The summed E-state index contributed by atoms with van der Waals surface area (Å²) in [6, 6.07) is 10.4. The molecule has 0 spiro atoms. The lowest BCUT2D eigenvalue weighted by Crippen LogP contribution is -2.41. The molecule has 0 radical (unpaired) electrons. The molecule has 5 nitrogen and oxygen atoms in total. The SMILES string of the molecule is CC(C)C(CO)N(Cc1ccccc1)Cc1cnnn1C. The standard InChI is InChI=1S/C16H24N4O/c1-13(2)16(12-21)20(10-14-7-5-4-6-8-14)11-15-9-17-18-19(15)3/h4-9,13,16,21H,10-12H2,1-3H3. The first-order chi connectivity index (χ1) is 10.1. The number of aryl methyl sites for hydroxylation is 1. The minimum absolute atomic E-state index is 0.111. The van der Waals surface area contributed by atoms with E-state index in [1.165, 1.54) is 5.56 Å². The van der Waals surface area contributed by atoms with Gasteiger partial charge in [0.05, 0.1) is 18.5 Å². The van der Waals surface area contributed by atoms with Crippen LogP contribution in [-0.2, 0) is 20.1 Å². The molecule has 0 fully saturated rings. The van der Waals surface area contributed by atoms with Crippen LogP contribution in [0.2, 0.25) is 0 Å². The van der Waals surface area contributed by atoms with Gasteiger partial charge in [-0.3, -0.25) is 9.58 Å². The van der Waals surface area contributed by atoms with Crippen LogP contribution in [0.5, 0.6) is 0 Å². The van der Waals surface area contributed by atoms with Crippen LogP contribution in [0.3, 0.4) is 0 Å². The van der Waals surface area contributed by atoms with Gasteiger partial charge in [0.1, 0.15) is 0 Å². The number of benzene rings is 1. The molecule has 1 heterocycles. The van der Waals surface area contributed by atoms with Gasteiger partial charge < -0.3 is 5.11 Å². The van der Waals surface area contributed by atoms with Gasteiger partial charge in [-0.25, -0.2) is 0 Å². The van der Waals surface area contributed by atoms with E-state index in [0.29, 0.717) is 5.92 Å². The Balaban J connectivity index is 2.19. The molecule has 1 aromatic heterocycles. The Hall–Kier alpha value is -1.72. The molecule has 1 aromatic carbocycles. The van der Waals surface area contributed by atoms with Crippen LogP contribution in [-0.4, -0.2) is 37.6 Å². The largest absolute Gasteiger partial charge is 0.395 e. The molecule has 1 atom stereocenters. The molecule has 5 heteroatoms. The van der Waals surface area contributed by atoms with Gasteiger partial charge in [-0.2, -0.15) is 0 Å². The van der Waals surface area contributed by atoms with E-state index in [1.807, 2.05) is 25.2 Å². The van der Waals surface area contributed by atoms with Crippen LogP contribution in [0.4, 0.5) is 0 Å². The Kier molecular flexibility index (Phi) is 5.47. The van der Waals surface area contributed by atoms with Crippen LogP contribution in [0.15, 0.2) is 36.5 Å². The lowest BCUT2D eigenvalue weighted by molar-refractivity contribution is 0.0764. The first-order valence-electron chi connectivity index (χ1n) is 7.34. The topological polar surface area (TPSA) is 54.2 Å². The van der Waals surface area contributed by atoms with Crippen molar-refractivity contribution in [2.75, 3.05) is 6.61 Å². The first kappa shape index (κ1) is 15.7. The molecule has 2 aromatic rings. The quantitative estimate of drug-likeness (QED) is 0.844. The van der Waals surface area contributed by atoms with E-state index in [0.717, 1.165) is 18.8 Å². The van der Waals surface area contributed by atoms with E-state index in [9.17, 15) is 5.11 Å². The van der Waals surface area contributed by atoms with Gasteiger partial charge in [-0.15, -0.1) is 5.10 Å². The summed E-state index contributed by atoms with van der Waals surface area (Å²) < 4.78 is 1.78. The average Bonchev–Trinajstić information content (AvgIpc) is 2.85. The van der Waals surface area contributed by atoms with Gasteiger partial charge in [-0.1, -0.05) is 49.4 Å². The average molecular weight is 288 g/mol. The Bertz CT molecular complexity index is 538. The first-order valence-corrected chi connectivity index (χ1v) is 7.34. The molecular formula is C16H24N4O. The molecule has 0 saturated carbocycles. The normalized spacial score (nSPS) is 13.0. The zero-order valence-corrected chi connectivity index (χ0v) is 13.0. The van der Waals surface area contributed by atoms with Crippen LogP contribution in [0.25, 0.3) is 0 Å². The maximum absolute atomic E-state index is 9.76. The third-order valence-corrected chi connectivity index (χ3v) is 3.83. The fourth-order valence-corrected chi connectivity index (χ4v) is 2.52. The van der Waals surface area contributed by atoms with Crippen molar-refractivity contribution >= 4 is 0 Å². The second kappa shape index (κ2) is 7.33. The second-order valence-corrected chi connectivity index (χ2v) is 5.73. The predicted molar refractivity (Wildman–Crippen MR) is 82.4 cm³/mol. The van der Waals surface area contributed by atoms with Gasteiger partial charge in [0.25, 0.3) is 0 Å². The molecule has 0 aliphatic carbocycles. The van der Waals surface area contributed by atoms with Crippen molar-refractivity contribution in [2.45, 2.75) is 33.0 Å². The number of hydrogen-bond donors (Lipinski definition) is 1. The minimum Gasteiger partial charge on any atom is -0.395 e. The molecule has 114 valence electrons. The Morgan fingerprint density at radius 1 is 1.19 bits per heavy atom. The highest BCUT2D eigenvalue weighted by Gasteiger charge is 2.22. The van der Waals surface area contributed by atoms with Crippen LogP contribution in [0.1, 0.15) is 25.1 Å². The van der Waals surface area contributed by atoms with Gasteiger partial charge in [0.15, 0.2) is 0 Å². The monoisotopic (exact) mass is 288 g/mol. The van der Waals surface area contributed by atoms with Crippen molar-refractivity contribution in [3.63, 3.8) is 0 Å². The zero-order valence-electron chi connectivity index (χ0n) is 13.0. The van der Waals surface area contributed by atoms with Crippen molar-refractivity contribution in [3.05, 3.63) is 47.8 Å². The van der Waals surface area contributed by atoms with Crippen molar-refractivity contribution in [1.29, 1.82) is 0 Å². The highest BCUT2D eigenvalue weighted by molar-refractivity contribution is 5.15. The highest BCUT2D eigenvalue weighted by Crippen LogP contribution is 2.17. The smallest absolute Gasteiger partial charge is 0.0738 e. The zero-order chi connectivity index (χ0) is 15.2. The van der Waals surface area contributed by atoms with Crippen LogP contribution < -0.4 is 0 Å². The van der Waals surface area contributed by atoms with E-state index < -0.39 is 0 Å². The Morgan fingerprint density at radius 3 is 2.43 bits per heavy atom. The molecule has 0 aliphatic heterocycles.